The number of methoxy groups -OCH3 is 1. The van der Waals surface area contributed by atoms with Crippen molar-refractivity contribution in [1.82, 2.24) is 9.10 Å². The molecule has 0 radical (unpaired) electrons. The van der Waals surface area contributed by atoms with Gasteiger partial charge in [-0.3, -0.25) is 4.72 Å². The van der Waals surface area contributed by atoms with E-state index >= 15 is 0 Å². The van der Waals surface area contributed by atoms with Crippen molar-refractivity contribution in [3.63, 3.8) is 0 Å². The fraction of sp³-hybridized carbons (Fsp3) is 0.286. The van der Waals surface area contributed by atoms with Gasteiger partial charge in [-0.05, 0) is 18.5 Å². The lowest BCUT2D eigenvalue weighted by atomic mass is 10.2. The summed E-state index contributed by atoms with van der Waals surface area (Å²) in [5.41, 5.74) is -0.0986. The van der Waals surface area contributed by atoms with Crippen LogP contribution in [-0.4, -0.2) is 37.1 Å². The zero-order valence-corrected chi connectivity index (χ0v) is 10.9. The highest BCUT2D eigenvalue weighted by Gasteiger charge is 2.23. The minimum Gasteiger partial charge on any atom is -0.478 e. The molecule has 0 spiro atoms. The SMILES string of the molecule is COC(=O)NS(=O)(=O)Nc1snc(C)c1C(=O)O. The minimum atomic E-state index is -4.26. The molecule has 3 N–H and O–H groups in total. The molecule has 18 heavy (non-hydrogen) atoms. The van der Waals surface area contributed by atoms with Crippen LogP contribution in [0, 0.1) is 6.92 Å². The largest absolute Gasteiger partial charge is 0.478 e. The van der Waals surface area contributed by atoms with E-state index in [-0.39, 0.29) is 16.3 Å². The Labute approximate surface area is 106 Å². The summed E-state index contributed by atoms with van der Waals surface area (Å²) in [7, 11) is -3.27. The van der Waals surface area contributed by atoms with Gasteiger partial charge in [0.25, 0.3) is 0 Å². The molecule has 0 atom stereocenters. The molecule has 0 unspecified atom stereocenters. The molecule has 9 nitrogen and oxygen atoms in total. The lowest BCUT2D eigenvalue weighted by Crippen LogP contribution is -2.35. The number of nitrogens with one attached hydrogen (secondary N) is 2. The zero-order chi connectivity index (χ0) is 13.9. The van der Waals surface area contributed by atoms with E-state index in [1.807, 2.05) is 4.72 Å². The van der Waals surface area contributed by atoms with Crippen LogP contribution < -0.4 is 9.44 Å². The van der Waals surface area contributed by atoms with Gasteiger partial charge in [0, 0.05) is 0 Å². The topological polar surface area (TPSA) is 135 Å². The number of aromatic carboxylic acids is 1. The second kappa shape index (κ2) is 5.18. The Morgan fingerprint density at radius 3 is 2.56 bits per heavy atom. The Hall–Kier alpha value is -1.88. The van der Waals surface area contributed by atoms with Crippen LogP contribution in [0.25, 0.3) is 0 Å². The van der Waals surface area contributed by atoms with E-state index in [0.29, 0.717) is 11.5 Å². The number of carbonyl (C=O) groups is 2. The number of carboxylic acids is 1. The Balaban J connectivity index is 2.98. The summed E-state index contributed by atoms with van der Waals surface area (Å²) in [4.78, 5) is 21.6. The van der Waals surface area contributed by atoms with Gasteiger partial charge in [0.1, 0.15) is 10.6 Å². The standard InChI is InChI=1S/C7H9N3O6S2/c1-3-4(6(11)12)5(17-8-3)9-18(14,15)10-7(13)16-2/h9H,1-2H3,(H,10,13)(H,11,12). The highest BCUT2D eigenvalue weighted by atomic mass is 32.2. The Morgan fingerprint density at radius 1 is 1.44 bits per heavy atom. The molecule has 0 aliphatic rings. The fourth-order valence-corrected chi connectivity index (χ4v) is 2.81. The zero-order valence-electron chi connectivity index (χ0n) is 9.25. The Bertz CT molecular complexity index is 578. The number of amides is 1. The molecule has 0 saturated carbocycles. The van der Waals surface area contributed by atoms with E-state index < -0.39 is 22.3 Å². The van der Waals surface area contributed by atoms with E-state index in [0.717, 1.165) is 7.11 Å². The number of hydrogen-bond acceptors (Lipinski definition) is 7. The average Bonchev–Trinajstić information content (AvgIpc) is 2.57. The number of ether oxygens (including phenoxy) is 1. The third kappa shape index (κ3) is 3.30. The molecule has 11 heteroatoms. The summed E-state index contributed by atoms with van der Waals surface area (Å²) in [5.74, 6) is -1.32. The fourth-order valence-electron chi connectivity index (χ4n) is 0.990. The number of anilines is 1. The third-order valence-corrected chi connectivity index (χ3v) is 3.60. The molecule has 1 rings (SSSR count). The first kappa shape index (κ1) is 14.2. The van der Waals surface area contributed by atoms with Gasteiger partial charge in [0.15, 0.2) is 0 Å². The van der Waals surface area contributed by atoms with Crippen LogP contribution in [0.4, 0.5) is 9.80 Å². The predicted molar refractivity (Wildman–Crippen MR) is 61.9 cm³/mol. The summed E-state index contributed by atoms with van der Waals surface area (Å²) in [5, 5.41) is 8.68. The first-order valence-electron chi connectivity index (χ1n) is 4.35. The lowest BCUT2D eigenvalue weighted by Gasteiger charge is -2.06. The molecular formula is C7H9N3O6S2. The normalized spacial score (nSPS) is 10.8. The quantitative estimate of drug-likeness (QED) is 0.720. The van der Waals surface area contributed by atoms with Crippen LogP contribution in [0.1, 0.15) is 16.1 Å². The number of nitrogens with zero attached hydrogens (tertiary/aromatic N) is 1. The number of rotatable bonds is 4. The number of carbonyl (C=O) groups excluding carboxylic acids is 1. The predicted octanol–water partition coefficient (Wildman–Crippen LogP) is 0.162. The maximum atomic E-state index is 11.4. The molecule has 100 valence electrons. The number of carboxylic acid groups (broad SMARTS) is 1. The summed E-state index contributed by atoms with van der Waals surface area (Å²) >= 11 is 0.653. The second-order valence-electron chi connectivity index (χ2n) is 2.98. The van der Waals surface area contributed by atoms with Crippen LogP contribution in [0.5, 0.6) is 0 Å². The van der Waals surface area contributed by atoms with Crippen LogP contribution >= 0.6 is 11.5 Å². The average molecular weight is 295 g/mol. The van der Waals surface area contributed by atoms with Crippen molar-refractivity contribution in [2.75, 3.05) is 11.8 Å². The van der Waals surface area contributed by atoms with Crippen LogP contribution in [0.2, 0.25) is 0 Å². The van der Waals surface area contributed by atoms with Crippen molar-refractivity contribution < 1.29 is 27.9 Å². The maximum Gasteiger partial charge on any atom is 0.422 e. The van der Waals surface area contributed by atoms with Gasteiger partial charge in [0.2, 0.25) is 0 Å². The number of aromatic nitrogens is 1. The molecule has 1 aromatic rings. The monoisotopic (exact) mass is 295 g/mol. The van der Waals surface area contributed by atoms with Crippen molar-refractivity contribution >= 4 is 38.8 Å². The second-order valence-corrected chi connectivity index (χ2v) is 5.16. The van der Waals surface area contributed by atoms with Gasteiger partial charge in [-0.25, -0.2) is 14.3 Å². The van der Waals surface area contributed by atoms with Crippen molar-refractivity contribution in [1.29, 1.82) is 0 Å². The van der Waals surface area contributed by atoms with Gasteiger partial charge >= 0.3 is 22.3 Å². The minimum absolute atomic E-state index is 0.170. The van der Waals surface area contributed by atoms with Gasteiger partial charge in [0.05, 0.1) is 12.8 Å². The van der Waals surface area contributed by atoms with Gasteiger partial charge in [-0.1, -0.05) is 0 Å². The van der Waals surface area contributed by atoms with Crippen molar-refractivity contribution in [2.45, 2.75) is 6.92 Å². The lowest BCUT2D eigenvalue weighted by molar-refractivity contribution is 0.0697. The maximum absolute atomic E-state index is 11.4. The van der Waals surface area contributed by atoms with Gasteiger partial charge < -0.3 is 9.84 Å². The molecule has 0 fully saturated rings. The number of aryl methyl sites for hydroxylation is 1. The molecule has 0 bridgehead atoms. The Kier molecular flexibility index (Phi) is 4.08. The van der Waals surface area contributed by atoms with Crippen LogP contribution in [-0.2, 0) is 14.9 Å². The molecule has 1 heterocycles. The van der Waals surface area contributed by atoms with E-state index in [9.17, 15) is 18.0 Å². The van der Waals surface area contributed by atoms with Crippen molar-refractivity contribution in [2.24, 2.45) is 0 Å². The van der Waals surface area contributed by atoms with Gasteiger partial charge in [-0.15, -0.1) is 0 Å². The van der Waals surface area contributed by atoms with E-state index in [4.69, 9.17) is 5.11 Å². The smallest absolute Gasteiger partial charge is 0.422 e. The summed E-state index contributed by atoms with van der Waals surface area (Å²) < 4.78 is 34.1. The number of hydrogen-bond donors (Lipinski definition) is 3. The summed E-state index contributed by atoms with van der Waals surface area (Å²) in [6.45, 7) is 1.42. The van der Waals surface area contributed by atoms with Crippen LogP contribution in [0.3, 0.4) is 0 Å². The van der Waals surface area contributed by atoms with Crippen molar-refractivity contribution in [3.8, 4) is 0 Å². The first-order valence-corrected chi connectivity index (χ1v) is 6.60. The van der Waals surface area contributed by atoms with Gasteiger partial charge in [-0.2, -0.15) is 12.8 Å². The molecule has 1 amide bonds. The van der Waals surface area contributed by atoms with E-state index in [1.54, 1.807) is 0 Å². The molecular weight excluding hydrogens is 286 g/mol. The highest BCUT2D eigenvalue weighted by Crippen LogP contribution is 2.25. The Morgan fingerprint density at radius 2 is 2.06 bits per heavy atom. The molecule has 0 saturated heterocycles. The third-order valence-electron chi connectivity index (χ3n) is 1.71. The van der Waals surface area contributed by atoms with E-state index in [1.165, 1.54) is 11.6 Å². The van der Waals surface area contributed by atoms with E-state index in [2.05, 4.69) is 9.11 Å². The molecule has 0 aliphatic carbocycles. The summed E-state index contributed by atoms with van der Waals surface area (Å²) in [6, 6.07) is 0. The molecule has 1 aromatic heterocycles. The summed E-state index contributed by atoms with van der Waals surface area (Å²) in [6.07, 6.45) is -1.19. The first-order chi connectivity index (χ1) is 8.26. The van der Waals surface area contributed by atoms with Crippen LogP contribution in [0.15, 0.2) is 0 Å². The van der Waals surface area contributed by atoms with Crippen molar-refractivity contribution in [3.05, 3.63) is 11.3 Å². The highest BCUT2D eigenvalue weighted by molar-refractivity contribution is 7.91. The molecule has 0 aromatic carbocycles. The molecule has 0 aliphatic heterocycles.